The van der Waals surface area contributed by atoms with Crippen LogP contribution >= 0.6 is 0 Å². The first-order valence-corrected chi connectivity index (χ1v) is 7.88. The van der Waals surface area contributed by atoms with Crippen LogP contribution in [0, 0.1) is 6.92 Å². The standard InChI is InChI=1S/C20H21NO4/c1-15-5-3-4-6-17(15)13-21-19(22)14-25-20(23)12-9-16-7-10-18(24-2)11-8-16/h3-12H,13-14H2,1-2H3,(H,21,22)/b12-9+. The lowest BCUT2D eigenvalue weighted by molar-refractivity contribution is -0.143. The minimum Gasteiger partial charge on any atom is -0.497 e. The van der Waals surface area contributed by atoms with E-state index in [0.717, 1.165) is 22.4 Å². The molecular formula is C20H21NO4. The van der Waals surface area contributed by atoms with Gasteiger partial charge in [0.25, 0.3) is 5.91 Å². The number of hydrogen-bond donors (Lipinski definition) is 1. The van der Waals surface area contributed by atoms with Gasteiger partial charge < -0.3 is 14.8 Å². The summed E-state index contributed by atoms with van der Waals surface area (Å²) < 4.78 is 9.99. The number of esters is 1. The number of rotatable bonds is 7. The quantitative estimate of drug-likeness (QED) is 0.622. The van der Waals surface area contributed by atoms with Gasteiger partial charge in [0, 0.05) is 12.6 Å². The number of carbonyl (C=O) groups excluding carboxylic acids is 2. The van der Waals surface area contributed by atoms with E-state index in [0.29, 0.717) is 6.54 Å². The fraction of sp³-hybridized carbons (Fsp3) is 0.200. The molecule has 0 spiro atoms. The maximum atomic E-state index is 11.8. The van der Waals surface area contributed by atoms with Crippen molar-refractivity contribution in [3.63, 3.8) is 0 Å². The Hall–Kier alpha value is -3.08. The third kappa shape index (κ3) is 6.14. The molecule has 0 saturated heterocycles. The van der Waals surface area contributed by atoms with Gasteiger partial charge in [0.05, 0.1) is 7.11 Å². The lowest BCUT2D eigenvalue weighted by Gasteiger charge is -2.07. The zero-order valence-corrected chi connectivity index (χ0v) is 14.3. The molecular weight excluding hydrogens is 318 g/mol. The third-order valence-electron chi connectivity index (χ3n) is 3.61. The van der Waals surface area contributed by atoms with Crippen LogP contribution in [0.5, 0.6) is 5.75 Å². The first kappa shape index (κ1) is 18.3. The van der Waals surface area contributed by atoms with Gasteiger partial charge in [-0.2, -0.15) is 0 Å². The van der Waals surface area contributed by atoms with E-state index in [4.69, 9.17) is 9.47 Å². The molecule has 0 fully saturated rings. The molecule has 5 heteroatoms. The van der Waals surface area contributed by atoms with Gasteiger partial charge in [0.2, 0.25) is 0 Å². The summed E-state index contributed by atoms with van der Waals surface area (Å²) in [4.78, 5) is 23.4. The predicted octanol–water partition coefficient (Wildman–Crippen LogP) is 2.88. The van der Waals surface area contributed by atoms with Crippen LogP contribution in [0.3, 0.4) is 0 Å². The number of amides is 1. The lowest BCUT2D eigenvalue weighted by atomic mass is 10.1. The molecule has 0 unspecified atom stereocenters. The van der Waals surface area contributed by atoms with Gasteiger partial charge in [-0.25, -0.2) is 4.79 Å². The van der Waals surface area contributed by atoms with Crippen LogP contribution in [0.1, 0.15) is 16.7 Å². The first-order valence-electron chi connectivity index (χ1n) is 7.88. The molecule has 0 heterocycles. The summed E-state index contributed by atoms with van der Waals surface area (Å²) in [5.41, 5.74) is 2.96. The second-order valence-electron chi connectivity index (χ2n) is 5.42. The van der Waals surface area contributed by atoms with E-state index in [1.54, 1.807) is 25.3 Å². The SMILES string of the molecule is COc1ccc(/C=C/C(=O)OCC(=O)NCc2ccccc2C)cc1. The van der Waals surface area contributed by atoms with E-state index in [-0.39, 0.29) is 12.5 Å². The van der Waals surface area contributed by atoms with E-state index in [1.807, 2.05) is 43.3 Å². The smallest absolute Gasteiger partial charge is 0.331 e. The zero-order chi connectivity index (χ0) is 18.1. The van der Waals surface area contributed by atoms with Crippen molar-refractivity contribution < 1.29 is 19.1 Å². The highest BCUT2D eigenvalue weighted by molar-refractivity contribution is 5.89. The molecule has 2 rings (SSSR count). The second-order valence-corrected chi connectivity index (χ2v) is 5.42. The molecule has 0 aliphatic rings. The van der Waals surface area contributed by atoms with Gasteiger partial charge in [0.15, 0.2) is 6.61 Å². The highest BCUT2D eigenvalue weighted by Gasteiger charge is 2.05. The van der Waals surface area contributed by atoms with E-state index in [1.165, 1.54) is 6.08 Å². The molecule has 0 atom stereocenters. The van der Waals surface area contributed by atoms with Gasteiger partial charge >= 0.3 is 5.97 Å². The van der Waals surface area contributed by atoms with E-state index in [2.05, 4.69) is 5.32 Å². The average molecular weight is 339 g/mol. The molecule has 130 valence electrons. The largest absolute Gasteiger partial charge is 0.497 e. The Kier molecular flexibility index (Phi) is 6.77. The van der Waals surface area contributed by atoms with E-state index >= 15 is 0 Å². The Bertz CT molecular complexity index is 751. The summed E-state index contributed by atoms with van der Waals surface area (Å²) in [6, 6.07) is 15.0. The molecule has 1 amide bonds. The number of ether oxygens (including phenoxy) is 2. The van der Waals surface area contributed by atoms with Crippen molar-refractivity contribution in [2.75, 3.05) is 13.7 Å². The average Bonchev–Trinajstić information content (AvgIpc) is 2.64. The van der Waals surface area contributed by atoms with Crippen molar-refractivity contribution in [1.29, 1.82) is 0 Å². The van der Waals surface area contributed by atoms with Crippen LogP contribution in [0.25, 0.3) is 6.08 Å². The monoisotopic (exact) mass is 339 g/mol. The Morgan fingerprint density at radius 2 is 1.80 bits per heavy atom. The number of methoxy groups -OCH3 is 1. The molecule has 5 nitrogen and oxygen atoms in total. The minimum absolute atomic E-state index is 0.308. The van der Waals surface area contributed by atoms with Gasteiger partial charge in [-0.05, 0) is 41.8 Å². The van der Waals surface area contributed by atoms with Crippen LogP contribution in [-0.4, -0.2) is 25.6 Å². The molecule has 0 radical (unpaired) electrons. The van der Waals surface area contributed by atoms with Gasteiger partial charge in [-0.1, -0.05) is 36.4 Å². The van der Waals surface area contributed by atoms with Crippen molar-refractivity contribution in [3.05, 3.63) is 71.3 Å². The van der Waals surface area contributed by atoms with Crippen molar-refractivity contribution in [2.45, 2.75) is 13.5 Å². The summed E-state index contributed by atoms with van der Waals surface area (Å²) in [6.07, 6.45) is 2.91. The van der Waals surface area contributed by atoms with E-state index in [9.17, 15) is 9.59 Å². The molecule has 2 aromatic rings. The fourth-order valence-corrected chi connectivity index (χ4v) is 2.12. The summed E-state index contributed by atoms with van der Waals surface area (Å²) >= 11 is 0. The van der Waals surface area contributed by atoms with Crippen molar-refractivity contribution >= 4 is 18.0 Å². The molecule has 0 aliphatic heterocycles. The first-order chi connectivity index (χ1) is 12.1. The van der Waals surface area contributed by atoms with Crippen molar-refractivity contribution in [3.8, 4) is 5.75 Å². The summed E-state index contributed by atoms with van der Waals surface area (Å²) in [5, 5.41) is 2.73. The predicted molar refractivity (Wildman–Crippen MR) is 96.0 cm³/mol. The van der Waals surface area contributed by atoms with Crippen LogP contribution < -0.4 is 10.1 Å². The molecule has 0 aromatic heterocycles. The lowest BCUT2D eigenvalue weighted by Crippen LogP contribution is -2.28. The summed E-state index contributed by atoms with van der Waals surface area (Å²) in [7, 11) is 1.59. The van der Waals surface area contributed by atoms with Crippen molar-refractivity contribution in [2.24, 2.45) is 0 Å². The highest BCUT2D eigenvalue weighted by atomic mass is 16.5. The Balaban J connectivity index is 1.74. The molecule has 0 bridgehead atoms. The minimum atomic E-state index is -0.568. The number of aryl methyl sites for hydroxylation is 1. The van der Waals surface area contributed by atoms with Crippen LogP contribution in [0.15, 0.2) is 54.6 Å². The topological polar surface area (TPSA) is 64.6 Å². The number of nitrogens with one attached hydrogen (secondary N) is 1. The summed E-state index contributed by atoms with van der Waals surface area (Å²) in [5.74, 6) is -0.165. The Morgan fingerprint density at radius 1 is 1.08 bits per heavy atom. The number of benzene rings is 2. The van der Waals surface area contributed by atoms with Crippen LogP contribution in [0.2, 0.25) is 0 Å². The second kappa shape index (κ2) is 9.27. The maximum Gasteiger partial charge on any atom is 0.331 e. The molecule has 25 heavy (non-hydrogen) atoms. The fourth-order valence-electron chi connectivity index (χ4n) is 2.12. The number of carbonyl (C=O) groups is 2. The Labute approximate surface area is 147 Å². The highest BCUT2D eigenvalue weighted by Crippen LogP contribution is 2.12. The zero-order valence-electron chi connectivity index (χ0n) is 14.3. The molecule has 0 aliphatic carbocycles. The van der Waals surface area contributed by atoms with E-state index < -0.39 is 5.97 Å². The van der Waals surface area contributed by atoms with Gasteiger partial charge in [-0.3, -0.25) is 4.79 Å². The van der Waals surface area contributed by atoms with Crippen LogP contribution in [0.4, 0.5) is 0 Å². The van der Waals surface area contributed by atoms with Crippen molar-refractivity contribution in [1.82, 2.24) is 5.32 Å². The molecule has 0 saturated carbocycles. The van der Waals surface area contributed by atoms with Gasteiger partial charge in [0.1, 0.15) is 5.75 Å². The number of hydrogen-bond acceptors (Lipinski definition) is 4. The van der Waals surface area contributed by atoms with Crippen LogP contribution in [-0.2, 0) is 20.9 Å². The normalized spacial score (nSPS) is 10.5. The molecule has 2 aromatic carbocycles. The third-order valence-corrected chi connectivity index (χ3v) is 3.61. The Morgan fingerprint density at radius 3 is 2.48 bits per heavy atom. The molecule has 1 N–H and O–H groups in total. The summed E-state index contributed by atoms with van der Waals surface area (Å²) in [6.45, 7) is 2.08. The maximum absolute atomic E-state index is 11.8. The van der Waals surface area contributed by atoms with Gasteiger partial charge in [-0.15, -0.1) is 0 Å².